The monoisotopic (exact) mass is 240 g/mol. The number of aromatic nitrogens is 2. The highest BCUT2D eigenvalue weighted by atomic mass is 16.5. The largest absolute Gasteiger partial charge is 0.383 e. The van der Waals surface area contributed by atoms with Crippen LogP contribution in [-0.2, 0) is 9.47 Å². The van der Waals surface area contributed by atoms with Gasteiger partial charge >= 0.3 is 0 Å². The number of nitrogen functional groups attached to an aromatic ring is 1. The van der Waals surface area contributed by atoms with Gasteiger partial charge in [0.25, 0.3) is 0 Å². The summed E-state index contributed by atoms with van der Waals surface area (Å²) in [5.74, 6) is 1.15. The van der Waals surface area contributed by atoms with Crippen molar-refractivity contribution in [1.29, 1.82) is 0 Å². The molecule has 0 saturated heterocycles. The Kier molecular flexibility index (Phi) is 5.65. The molecule has 1 unspecified atom stereocenters. The molecule has 1 aromatic heterocycles. The van der Waals surface area contributed by atoms with E-state index in [1.54, 1.807) is 20.4 Å². The van der Waals surface area contributed by atoms with E-state index in [1.807, 2.05) is 0 Å². The highest BCUT2D eigenvalue weighted by molar-refractivity contribution is 5.42. The van der Waals surface area contributed by atoms with Crippen LogP contribution in [0.25, 0.3) is 0 Å². The van der Waals surface area contributed by atoms with Crippen molar-refractivity contribution in [1.82, 2.24) is 9.97 Å². The molecule has 96 valence electrons. The molecule has 0 aliphatic carbocycles. The number of hydrogen-bond donors (Lipinski definition) is 1. The van der Waals surface area contributed by atoms with E-state index in [0.29, 0.717) is 19.0 Å². The first-order chi connectivity index (χ1) is 8.19. The molecule has 0 saturated carbocycles. The van der Waals surface area contributed by atoms with Gasteiger partial charge in [-0.15, -0.1) is 0 Å². The quantitative estimate of drug-likeness (QED) is 0.750. The van der Waals surface area contributed by atoms with Gasteiger partial charge < -0.3 is 20.1 Å². The summed E-state index contributed by atoms with van der Waals surface area (Å²) in [6.45, 7) is 4.01. The highest BCUT2D eigenvalue weighted by Crippen LogP contribution is 2.14. The molecule has 1 rings (SSSR count). The van der Waals surface area contributed by atoms with Crippen LogP contribution in [0, 0.1) is 0 Å². The lowest BCUT2D eigenvalue weighted by Crippen LogP contribution is -2.39. The smallest absolute Gasteiger partial charge is 0.149 e. The molecule has 0 bridgehead atoms. The van der Waals surface area contributed by atoms with Gasteiger partial charge in [-0.1, -0.05) is 0 Å². The first kappa shape index (κ1) is 13.7. The molecule has 0 spiro atoms. The summed E-state index contributed by atoms with van der Waals surface area (Å²) >= 11 is 0. The Morgan fingerprint density at radius 2 is 2.12 bits per heavy atom. The van der Waals surface area contributed by atoms with Crippen LogP contribution >= 0.6 is 0 Å². The van der Waals surface area contributed by atoms with Crippen molar-refractivity contribution in [3.05, 3.63) is 12.4 Å². The topological polar surface area (TPSA) is 73.5 Å². The van der Waals surface area contributed by atoms with Gasteiger partial charge in [0, 0.05) is 20.8 Å². The molecule has 0 aromatic carbocycles. The van der Waals surface area contributed by atoms with E-state index in [9.17, 15) is 0 Å². The Balaban J connectivity index is 2.81. The molecule has 0 amide bonds. The second-order valence-electron chi connectivity index (χ2n) is 3.79. The fraction of sp³-hybridized carbons (Fsp3) is 0.636. The average molecular weight is 240 g/mol. The SMILES string of the molecule is COCCN(c1cncc(N)n1)C(C)COC. The second-order valence-corrected chi connectivity index (χ2v) is 3.79. The molecule has 17 heavy (non-hydrogen) atoms. The lowest BCUT2D eigenvalue weighted by molar-refractivity contribution is 0.170. The Bertz CT molecular complexity index is 335. The fourth-order valence-electron chi connectivity index (χ4n) is 1.59. The minimum atomic E-state index is 0.186. The lowest BCUT2D eigenvalue weighted by atomic mass is 10.3. The van der Waals surface area contributed by atoms with Crippen LogP contribution < -0.4 is 10.6 Å². The zero-order chi connectivity index (χ0) is 12.7. The van der Waals surface area contributed by atoms with Crippen molar-refractivity contribution in [2.24, 2.45) is 0 Å². The van der Waals surface area contributed by atoms with Crippen molar-refractivity contribution < 1.29 is 9.47 Å². The van der Waals surface area contributed by atoms with E-state index in [0.717, 1.165) is 12.4 Å². The lowest BCUT2D eigenvalue weighted by Gasteiger charge is -2.29. The Hall–Kier alpha value is -1.40. The van der Waals surface area contributed by atoms with Gasteiger partial charge in [-0.05, 0) is 6.92 Å². The Morgan fingerprint density at radius 3 is 2.71 bits per heavy atom. The Labute approximate surface area is 102 Å². The summed E-state index contributed by atoms with van der Waals surface area (Å²) in [4.78, 5) is 10.4. The minimum Gasteiger partial charge on any atom is -0.383 e. The molecule has 1 heterocycles. The highest BCUT2D eigenvalue weighted by Gasteiger charge is 2.15. The van der Waals surface area contributed by atoms with Crippen molar-refractivity contribution in [3.8, 4) is 0 Å². The third-order valence-electron chi connectivity index (χ3n) is 2.41. The number of hydrogen-bond acceptors (Lipinski definition) is 6. The van der Waals surface area contributed by atoms with E-state index in [4.69, 9.17) is 15.2 Å². The third-order valence-corrected chi connectivity index (χ3v) is 2.41. The molecular weight excluding hydrogens is 220 g/mol. The van der Waals surface area contributed by atoms with Crippen LogP contribution in [0.15, 0.2) is 12.4 Å². The van der Waals surface area contributed by atoms with Crippen molar-refractivity contribution in [3.63, 3.8) is 0 Å². The summed E-state index contributed by atoms with van der Waals surface area (Å²) in [7, 11) is 3.35. The summed E-state index contributed by atoms with van der Waals surface area (Å²) < 4.78 is 10.2. The molecule has 0 aliphatic rings. The van der Waals surface area contributed by atoms with E-state index in [1.165, 1.54) is 6.20 Å². The number of nitrogens with two attached hydrogens (primary N) is 1. The van der Waals surface area contributed by atoms with Crippen LogP contribution in [0.2, 0.25) is 0 Å². The van der Waals surface area contributed by atoms with Crippen LogP contribution in [0.1, 0.15) is 6.92 Å². The predicted molar refractivity (Wildman–Crippen MR) is 67.0 cm³/mol. The van der Waals surface area contributed by atoms with E-state index in [2.05, 4.69) is 21.8 Å². The van der Waals surface area contributed by atoms with Gasteiger partial charge in [0.05, 0.1) is 31.6 Å². The maximum Gasteiger partial charge on any atom is 0.149 e. The van der Waals surface area contributed by atoms with E-state index in [-0.39, 0.29) is 6.04 Å². The first-order valence-corrected chi connectivity index (χ1v) is 5.51. The normalized spacial score (nSPS) is 12.4. The van der Waals surface area contributed by atoms with Crippen LogP contribution in [-0.4, -0.2) is 50.0 Å². The molecule has 1 atom stereocenters. The summed E-state index contributed by atoms with van der Waals surface area (Å²) in [6, 6.07) is 0.186. The van der Waals surface area contributed by atoms with E-state index < -0.39 is 0 Å². The molecule has 2 N–H and O–H groups in total. The first-order valence-electron chi connectivity index (χ1n) is 5.51. The predicted octanol–water partition coefficient (Wildman–Crippen LogP) is 0.546. The zero-order valence-corrected chi connectivity index (χ0v) is 10.6. The number of ether oxygens (including phenoxy) is 2. The van der Waals surface area contributed by atoms with Gasteiger partial charge in [-0.2, -0.15) is 0 Å². The standard InChI is InChI=1S/C11H20N4O2/c1-9(8-17-3)15(4-5-16-2)11-7-13-6-10(12)14-11/h6-7,9H,4-5,8H2,1-3H3,(H2,12,14). The van der Waals surface area contributed by atoms with Crippen LogP contribution in [0.4, 0.5) is 11.6 Å². The van der Waals surface area contributed by atoms with Gasteiger partial charge in [0.15, 0.2) is 0 Å². The van der Waals surface area contributed by atoms with Crippen molar-refractivity contribution in [2.75, 3.05) is 44.6 Å². The van der Waals surface area contributed by atoms with E-state index >= 15 is 0 Å². The fourth-order valence-corrected chi connectivity index (χ4v) is 1.59. The molecular formula is C11H20N4O2. The second kappa shape index (κ2) is 7.03. The minimum absolute atomic E-state index is 0.186. The molecule has 1 aromatic rings. The van der Waals surface area contributed by atoms with Crippen molar-refractivity contribution in [2.45, 2.75) is 13.0 Å². The summed E-state index contributed by atoms with van der Waals surface area (Å²) in [5.41, 5.74) is 5.64. The summed E-state index contributed by atoms with van der Waals surface area (Å²) in [6.07, 6.45) is 3.22. The molecule has 0 fully saturated rings. The van der Waals surface area contributed by atoms with Gasteiger partial charge in [-0.25, -0.2) is 4.98 Å². The summed E-state index contributed by atoms with van der Waals surface area (Å²) in [5, 5.41) is 0. The molecule has 6 heteroatoms. The molecule has 6 nitrogen and oxygen atoms in total. The van der Waals surface area contributed by atoms with Crippen LogP contribution in [0.5, 0.6) is 0 Å². The number of methoxy groups -OCH3 is 2. The Morgan fingerprint density at radius 1 is 1.35 bits per heavy atom. The van der Waals surface area contributed by atoms with Gasteiger partial charge in [-0.3, -0.25) is 4.98 Å². The zero-order valence-electron chi connectivity index (χ0n) is 10.6. The maximum atomic E-state index is 5.64. The average Bonchev–Trinajstić information content (AvgIpc) is 2.30. The van der Waals surface area contributed by atoms with Crippen LogP contribution in [0.3, 0.4) is 0 Å². The van der Waals surface area contributed by atoms with Crippen molar-refractivity contribution >= 4 is 11.6 Å². The number of anilines is 2. The van der Waals surface area contributed by atoms with Gasteiger partial charge in [0.1, 0.15) is 11.6 Å². The molecule has 0 radical (unpaired) electrons. The number of nitrogens with zero attached hydrogens (tertiary/aromatic N) is 3. The molecule has 0 aliphatic heterocycles. The van der Waals surface area contributed by atoms with Gasteiger partial charge in [0.2, 0.25) is 0 Å². The number of rotatable bonds is 7. The maximum absolute atomic E-state index is 5.64. The third kappa shape index (κ3) is 4.16.